The second-order valence-corrected chi connectivity index (χ2v) is 12.0. The van der Waals surface area contributed by atoms with E-state index < -0.39 is 16.1 Å². The van der Waals surface area contributed by atoms with E-state index in [1.54, 1.807) is 29.2 Å². The molecule has 2 saturated heterocycles. The normalized spacial score (nSPS) is 21.4. The highest BCUT2D eigenvalue weighted by Crippen LogP contribution is 2.34. The number of hydrogen-bond donors (Lipinski definition) is 0. The van der Waals surface area contributed by atoms with Crippen LogP contribution in [0.15, 0.2) is 47.4 Å². The SMILES string of the molecule is Cc1ccc(S(=O)(=O)N2CCCC2C(=O)N(CC2CCCO2)c2nc3c(C)cccc3s2)cc1. The minimum absolute atomic E-state index is 0.0689. The van der Waals surface area contributed by atoms with Gasteiger partial charge in [0.25, 0.3) is 0 Å². The molecule has 3 aromatic rings. The Hall–Kier alpha value is -2.33. The number of amides is 1. The lowest BCUT2D eigenvalue weighted by Crippen LogP contribution is -2.49. The fourth-order valence-corrected chi connectivity index (χ4v) is 7.45. The number of fused-ring (bicyclic) bond motifs is 1. The summed E-state index contributed by atoms with van der Waals surface area (Å²) in [4.78, 5) is 20.7. The van der Waals surface area contributed by atoms with Crippen molar-refractivity contribution in [1.82, 2.24) is 9.29 Å². The van der Waals surface area contributed by atoms with Crippen LogP contribution in [0.4, 0.5) is 5.13 Å². The molecule has 34 heavy (non-hydrogen) atoms. The largest absolute Gasteiger partial charge is 0.376 e. The Morgan fingerprint density at radius 1 is 1.15 bits per heavy atom. The molecule has 9 heteroatoms. The van der Waals surface area contributed by atoms with Crippen molar-refractivity contribution in [3.05, 3.63) is 53.6 Å². The number of ether oxygens (including phenoxy) is 1. The lowest BCUT2D eigenvalue weighted by molar-refractivity contribution is -0.122. The monoisotopic (exact) mass is 499 g/mol. The van der Waals surface area contributed by atoms with Crippen molar-refractivity contribution in [2.45, 2.75) is 56.6 Å². The van der Waals surface area contributed by atoms with Crippen LogP contribution in [-0.4, -0.2) is 55.5 Å². The van der Waals surface area contributed by atoms with Gasteiger partial charge < -0.3 is 4.74 Å². The van der Waals surface area contributed by atoms with Crippen LogP contribution in [0.5, 0.6) is 0 Å². The number of carbonyl (C=O) groups is 1. The smallest absolute Gasteiger partial charge is 0.247 e. The molecule has 0 saturated carbocycles. The van der Waals surface area contributed by atoms with E-state index in [4.69, 9.17) is 9.72 Å². The van der Waals surface area contributed by atoms with Gasteiger partial charge >= 0.3 is 0 Å². The molecule has 0 aliphatic carbocycles. The van der Waals surface area contributed by atoms with Gasteiger partial charge in [-0.15, -0.1) is 0 Å². The van der Waals surface area contributed by atoms with Crippen LogP contribution in [0.2, 0.25) is 0 Å². The van der Waals surface area contributed by atoms with Gasteiger partial charge in [-0.3, -0.25) is 9.69 Å². The van der Waals surface area contributed by atoms with Crippen LogP contribution in [0.3, 0.4) is 0 Å². The van der Waals surface area contributed by atoms with Gasteiger partial charge in [-0.1, -0.05) is 41.2 Å². The molecule has 180 valence electrons. The van der Waals surface area contributed by atoms with Crippen LogP contribution >= 0.6 is 11.3 Å². The molecule has 2 unspecified atom stereocenters. The highest BCUT2D eigenvalue weighted by atomic mass is 32.2. The first-order chi connectivity index (χ1) is 16.3. The van der Waals surface area contributed by atoms with Gasteiger partial charge in [0, 0.05) is 13.2 Å². The van der Waals surface area contributed by atoms with Crippen LogP contribution in [0.25, 0.3) is 10.2 Å². The standard InChI is InChI=1S/C25H29N3O4S2/c1-17-10-12-20(13-11-17)34(30,31)28-14-4-8-21(28)24(29)27(16-19-7-5-15-32-19)25-26-23-18(2)6-3-9-22(23)33-25/h3,6,9-13,19,21H,4-5,7-8,14-16H2,1-2H3. The van der Waals surface area contributed by atoms with Gasteiger partial charge in [0.2, 0.25) is 15.9 Å². The Balaban J connectivity index is 1.49. The molecular weight excluding hydrogens is 470 g/mol. The molecule has 2 aliphatic rings. The molecule has 7 nitrogen and oxygen atoms in total. The summed E-state index contributed by atoms with van der Waals surface area (Å²) in [7, 11) is -3.79. The maximum atomic E-state index is 14.0. The quantitative estimate of drug-likeness (QED) is 0.506. The molecule has 0 bridgehead atoms. The molecule has 2 aromatic carbocycles. The van der Waals surface area contributed by atoms with Gasteiger partial charge in [-0.05, 0) is 63.3 Å². The van der Waals surface area contributed by atoms with Crippen LogP contribution in [-0.2, 0) is 19.6 Å². The predicted molar refractivity (Wildman–Crippen MR) is 134 cm³/mol. The van der Waals surface area contributed by atoms with Crippen molar-refractivity contribution in [3.63, 3.8) is 0 Å². The Labute approximate surface area is 204 Å². The number of thiazole rings is 1. The fraction of sp³-hybridized carbons (Fsp3) is 0.440. The number of benzene rings is 2. The van der Waals surface area contributed by atoms with E-state index in [-0.39, 0.29) is 16.9 Å². The average molecular weight is 500 g/mol. The number of aromatic nitrogens is 1. The minimum atomic E-state index is -3.79. The third kappa shape index (κ3) is 4.37. The van der Waals surface area contributed by atoms with E-state index in [2.05, 4.69) is 0 Å². The zero-order valence-electron chi connectivity index (χ0n) is 19.4. The van der Waals surface area contributed by atoms with Crippen molar-refractivity contribution in [2.24, 2.45) is 0 Å². The molecule has 5 rings (SSSR count). The molecule has 1 aromatic heterocycles. The highest BCUT2D eigenvalue weighted by molar-refractivity contribution is 7.89. The Morgan fingerprint density at radius 3 is 2.65 bits per heavy atom. The first kappa shape index (κ1) is 23.4. The Morgan fingerprint density at radius 2 is 1.94 bits per heavy atom. The summed E-state index contributed by atoms with van der Waals surface area (Å²) in [5.41, 5.74) is 2.92. The zero-order chi connectivity index (χ0) is 23.9. The van der Waals surface area contributed by atoms with E-state index in [9.17, 15) is 13.2 Å². The number of rotatable bonds is 6. The second kappa shape index (κ2) is 9.37. The maximum Gasteiger partial charge on any atom is 0.247 e. The number of sulfonamides is 1. The van der Waals surface area contributed by atoms with Crippen molar-refractivity contribution < 1.29 is 17.9 Å². The third-order valence-electron chi connectivity index (χ3n) is 6.63. The zero-order valence-corrected chi connectivity index (χ0v) is 21.1. The number of nitrogens with zero attached hydrogens (tertiary/aromatic N) is 3. The number of carbonyl (C=O) groups excluding carboxylic acids is 1. The molecule has 2 atom stereocenters. The van der Waals surface area contributed by atoms with E-state index >= 15 is 0 Å². The summed E-state index contributed by atoms with van der Waals surface area (Å²) >= 11 is 1.47. The lowest BCUT2D eigenvalue weighted by Gasteiger charge is -2.29. The van der Waals surface area contributed by atoms with E-state index in [0.29, 0.717) is 37.7 Å². The summed E-state index contributed by atoms with van der Waals surface area (Å²) < 4.78 is 35.2. The summed E-state index contributed by atoms with van der Waals surface area (Å²) in [6.07, 6.45) is 2.91. The summed E-state index contributed by atoms with van der Waals surface area (Å²) in [5, 5.41) is 0.601. The third-order valence-corrected chi connectivity index (χ3v) is 9.60. The van der Waals surface area contributed by atoms with Crippen LogP contribution in [0, 0.1) is 13.8 Å². The molecule has 3 heterocycles. The van der Waals surface area contributed by atoms with Gasteiger partial charge in [-0.2, -0.15) is 4.31 Å². The summed E-state index contributed by atoms with van der Waals surface area (Å²) in [6.45, 7) is 5.32. The molecule has 2 fully saturated rings. The molecule has 1 amide bonds. The Kier molecular flexibility index (Phi) is 6.45. The van der Waals surface area contributed by atoms with Crippen LogP contribution in [0.1, 0.15) is 36.8 Å². The van der Waals surface area contributed by atoms with Gasteiger partial charge in [0.15, 0.2) is 5.13 Å². The topological polar surface area (TPSA) is 79.8 Å². The fourth-order valence-electron chi connectivity index (χ4n) is 4.74. The van der Waals surface area contributed by atoms with Crippen molar-refractivity contribution in [1.29, 1.82) is 0 Å². The lowest BCUT2D eigenvalue weighted by atomic mass is 10.2. The summed E-state index contributed by atoms with van der Waals surface area (Å²) in [6, 6.07) is 12.0. The predicted octanol–water partition coefficient (Wildman–Crippen LogP) is 4.28. The highest BCUT2D eigenvalue weighted by Gasteiger charge is 2.42. The second-order valence-electron chi connectivity index (χ2n) is 9.09. The van der Waals surface area contributed by atoms with Gasteiger partial charge in [0.1, 0.15) is 6.04 Å². The van der Waals surface area contributed by atoms with Crippen molar-refractivity contribution in [2.75, 3.05) is 24.6 Å². The maximum absolute atomic E-state index is 14.0. The first-order valence-electron chi connectivity index (χ1n) is 11.7. The van der Waals surface area contributed by atoms with E-state index in [1.807, 2.05) is 32.0 Å². The number of anilines is 1. The molecular formula is C25H29N3O4S2. The molecule has 2 aliphatic heterocycles. The molecule has 0 spiro atoms. The minimum Gasteiger partial charge on any atom is -0.376 e. The van der Waals surface area contributed by atoms with Gasteiger partial charge in [0.05, 0.1) is 27.8 Å². The number of para-hydroxylation sites is 1. The van der Waals surface area contributed by atoms with Gasteiger partial charge in [-0.25, -0.2) is 13.4 Å². The molecule has 0 N–H and O–H groups in total. The van der Waals surface area contributed by atoms with E-state index in [0.717, 1.165) is 34.2 Å². The van der Waals surface area contributed by atoms with E-state index in [1.165, 1.54) is 15.6 Å². The Bertz CT molecular complexity index is 1300. The van der Waals surface area contributed by atoms with Crippen molar-refractivity contribution >= 4 is 42.6 Å². The average Bonchev–Trinajstić information content (AvgIpc) is 3.58. The number of hydrogen-bond acceptors (Lipinski definition) is 6. The van der Waals surface area contributed by atoms with Crippen molar-refractivity contribution in [3.8, 4) is 0 Å². The number of aryl methyl sites for hydroxylation is 2. The summed E-state index contributed by atoms with van der Waals surface area (Å²) in [5.74, 6) is -0.222. The molecule has 0 radical (unpaired) electrons. The first-order valence-corrected chi connectivity index (χ1v) is 14.0. The van der Waals surface area contributed by atoms with Crippen LogP contribution < -0.4 is 4.90 Å².